The topological polar surface area (TPSA) is 43.4 Å². The zero-order chi connectivity index (χ0) is 13.8. The minimum absolute atomic E-state index is 0.152. The van der Waals surface area contributed by atoms with Gasteiger partial charge in [0.05, 0.1) is 11.8 Å². The van der Waals surface area contributed by atoms with Crippen LogP contribution in [0.1, 0.15) is 39.5 Å². The summed E-state index contributed by atoms with van der Waals surface area (Å²) in [4.78, 5) is 24.0. The molecule has 0 aromatic rings. The van der Waals surface area contributed by atoms with Crippen LogP contribution in [-0.4, -0.2) is 11.9 Å². The van der Waals surface area contributed by atoms with Crippen LogP contribution in [0.15, 0.2) is 24.3 Å². The molecule has 0 heterocycles. The molecule has 0 amide bonds. The van der Waals surface area contributed by atoms with E-state index in [9.17, 15) is 9.59 Å². The molecule has 0 spiro atoms. The third-order valence-electron chi connectivity index (χ3n) is 3.95. The molecule has 4 unspecified atom stereocenters. The predicted octanol–water partition coefficient (Wildman–Crippen LogP) is 3.26. The lowest BCUT2D eigenvalue weighted by atomic mass is 9.87. The highest BCUT2D eigenvalue weighted by Crippen LogP contribution is 2.27. The molecule has 19 heavy (non-hydrogen) atoms. The molecule has 2 aliphatic rings. The van der Waals surface area contributed by atoms with Crippen molar-refractivity contribution in [3.8, 4) is 0 Å². The summed E-state index contributed by atoms with van der Waals surface area (Å²) in [6.07, 6.45) is 11.2. The molecule has 0 radical (unpaired) electrons. The minimum atomic E-state index is -0.344. The van der Waals surface area contributed by atoms with Gasteiger partial charge in [0.2, 0.25) is 0 Å². The molecular weight excluding hydrogens is 240 g/mol. The largest absolute Gasteiger partial charge is 0.393 e. The summed E-state index contributed by atoms with van der Waals surface area (Å²) in [7, 11) is 0. The molecule has 0 fully saturated rings. The first-order chi connectivity index (χ1) is 9.06. The van der Waals surface area contributed by atoms with E-state index in [2.05, 4.69) is 26.0 Å². The molecule has 3 heteroatoms. The van der Waals surface area contributed by atoms with Crippen LogP contribution in [0.3, 0.4) is 0 Å². The van der Waals surface area contributed by atoms with E-state index in [0.29, 0.717) is 24.7 Å². The SMILES string of the molecule is CC1C=CCC(C(=O)OC(=O)C2CC=CC(C)C2)C1. The van der Waals surface area contributed by atoms with E-state index in [1.54, 1.807) is 0 Å². The first-order valence-corrected chi connectivity index (χ1v) is 7.15. The molecule has 0 aromatic heterocycles. The average Bonchev–Trinajstić information content (AvgIpc) is 2.38. The van der Waals surface area contributed by atoms with Crippen LogP contribution in [-0.2, 0) is 14.3 Å². The Kier molecular flexibility index (Phi) is 4.56. The second-order valence-electron chi connectivity index (χ2n) is 5.89. The fourth-order valence-corrected chi connectivity index (χ4v) is 2.85. The third-order valence-corrected chi connectivity index (χ3v) is 3.95. The number of rotatable bonds is 2. The van der Waals surface area contributed by atoms with Gasteiger partial charge in [-0.2, -0.15) is 0 Å². The molecule has 0 N–H and O–H groups in total. The normalized spacial score (nSPS) is 34.0. The summed E-state index contributed by atoms with van der Waals surface area (Å²) in [5.74, 6) is -0.217. The lowest BCUT2D eigenvalue weighted by molar-refractivity contribution is -0.166. The Morgan fingerprint density at radius 1 is 0.895 bits per heavy atom. The number of carbonyl (C=O) groups is 2. The monoisotopic (exact) mass is 262 g/mol. The van der Waals surface area contributed by atoms with Crippen LogP contribution in [0, 0.1) is 23.7 Å². The highest BCUT2D eigenvalue weighted by Gasteiger charge is 2.29. The van der Waals surface area contributed by atoms with Crippen molar-refractivity contribution in [3.05, 3.63) is 24.3 Å². The smallest absolute Gasteiger partial charge is 0.316 e. The quantitative estimate of drug-likeness (QED) is 0.436. The molecular formula is C16H22O3. The Morgan fingerprint density at radius 2 is 1.32 bits per heavy atom. The number of carbonyl (C=O) groups excluding carboxylic acids is 2. The minimum Gasteiger partial charge on any atom is -0.393 e. The highest BCUT2D eigenvalue weighted by molar-refractivity contribution is 5.88. The Bertz CT molecular complexity index is 370. The van der Waals surface area contributed by atoms with Gasteiger partial charge in [0, 0.05) is 0 Å². The Balaban J connectivity index is 1.87. The van der Waals surface area contributed by atoms with Crippen molar-refractivity contribution in [1.82, 2.24) is 0 Å². The van der Waals surface area contributed by atoms with Crippen molar-refractivity contribution < 1.29 is 14.3 Å². The average molecular weight is 262 g/mol. The van der Waals surface area contributed by atoms with Gasteiger partial charge >= 0.3 is 11.9 Å². The third kappa shape index (κ3) is 3.79. The molecule has 0 aliphatic heterocycles. The summed E-state index contributed by atoms with van der Waals surface area (Å²) in [6.45, 7) is 4.15. The zero-order valence-electron chi connectivity index (χ0n) is 11.7. The number of hydrogen-bond donors (Lipinski definition) is 0. The molecule has 4 atom stereocenters. The van der Waals surface area contributed by atoms with E-state index < -0.39 is 0 Å². The summed E-state index contributed by atoms with van der Waals surface area (Å²) >= 11 is 0. The lowest BCUT2D eigenvalue weighted by Crippen LogP contribution is -2.29. The van der Waals surface area contributed by atoms with Gasteiger partial charge in [-0.1, -0.05) is 38.2 Å². The molecule has 3 nitrogen and oxygen atoms in total. The first kappa shape index (κ1) is 14.0. The summed E-state index contributed by atoms with van der Waals surface area (Å²) < 4.78 is 5.08. The zero-order valence-corrected chi connectivity index (χ0v) is 11.7. The molecule has 104 valence electrons. The molecule has 0 saturated carbocycles. The number of hydrogen-bond acceptors (Lipinski definition) is 3. The van der Waals surface area contributed by atoms with Crippen molar-refractivity contribution in [2.45, 2.75) is 39.5 Å². The first-order valence-electron chi connectivity index (χ1n) is 7.15. The van der Waals surface area contributed by atoms with E-state index in [-0.39, 0.29) is 23.8 Å². The van der Waals surface area contributed by atoms with Crippen molar-refractivity contribution in [3.63, 3.8) is 0 Å². The number of ether oxygens (including phenoxy) is 1. The van der Waals surface area contributed by atoms with E-state index in [0.717, 1.165) is 12.8 Å². The number of allylic oxidation sites excluding steroid dienone is 4. The molecule has 0 saturated heterocycles. The van der Waals surface area contributed by atoms with Crippen molar-refractivity contribution in [1.29, 1.82) is 0 Å². The maximum absolute atomic E-state index is 12.0. The van der Waals surface area contributed by atoms with Gasteiger partial charge in [-0.15, -0.1) is 0 Å². The van der Waals surface area contributed by atoms with Gasteiger partial charge in [0.1, 0.15) is 0 Å². The summed E-state index contributed by atoms with van der Waals surface area (Å²) in [5.41, 5.74) is 0. The van der Waals surface area contributed by atoms with E-state index >= 15 is 0 Å². The molecule has 2 aliphatic carbocycles. The Hall–Kier alpha value is -1.38. The van der Waals surface area contributed by atoms with Gasteiger partial charge in [0.15, 0.2) is 0 Å². The second kappa shape index (κ2) is 6.18. The Morgan fingerprint density at radius 3 is 1.68 bits per heavy atom. The fraction of sp³-hybridized carbons (Fsp3) is 0.625. The molecule has 0 bridgehead atoms. The van der Waals surface area contributed by atoms with Gasteiger partial charge in [-0.25, -0.2) is 0 Å². The standard InChI is InChI=1S/C16H22O3/c1-11-5-3-7-13(9-11)15(17)19-16(18)14-8-4-6-12(2)10-14/h3-6,11-14H,7-10H2,1-2H3. The van der Waals surface area contributed by atoms with E-state index in [4.69, 9.17) is 4.74 Å². The van der Waals surface area contributed by atoms with Crippen LogP contribution >= 0.6 is 0 Å². The number of esters is 2. The van der Waals surface area contributed by atoms with Gasteiger partial charge < -0.3 is 4.74 Å². The van der Waals surface area contributed by atoms with E-state index in [1.165, 1.54) is 0 Å². The summed E-state index contributed by atoms with van der Waals surface area (Å²) in [5, 5.41) is 0. The van der Waals surface area contributed by atoms with Gasteiger partial charge in [-0.3, -0.25) is 9.59 Å². The summed E-state index contributed by atoms with van der Waals surface area (Å²) in [6, 6.07) is 0. The van der Waals surface area contributed by atoms with Crippen molar-refractivity contribution in [2.75, 3.05) is 0 Å². The fourth-order valence-electron chi connectivity index (χ4n) is 2.85. The van der Waals surface area contributed by atoms with E-state index in [1.807, 2.05) is 12.2 Å². The van der Waals surface area contributed by atoms with Gasteiger partial charge in [0.25, 0.3) is 0 Å². The van der Waals surface area contributed by atoms with Crippen LogP contribution < -0.4 is 0 Å². The van der Waals surface area contributed by atoms with Crippen LogP contribution in [0.2, 0.25) is 0 Å². The highest BCUT2D eigenvalue weighted by atomic mass is 16.6. The Labute approximate surface area is 114 Å². The van der Waals surface area contributed by atoms with Crippen LogP contribution in [0.5, 0.6) is 0 Å². The van der Waals surface area contributed by atoms with Crippen LogP contribution in [0.4, 0.5) is 0 Å². The lowest BCUT2D eigenvalue weighted by Gasteiger charge is -2.23. The second-order valence-corrected chi connectivity index (χ2v) is 5.89. The van der Waals surface area contributed by atoms with Crippen molar-refractivity contribution in [2.24, 2.45) is 23.7 Å². The maximum Gasteiger partial charge on any atom is 0.316 e. The van der Waals surface area contributed by atoms with Crippen molar-refractivity contribution >= 4 is 11.9 Å². The van der Waals surface area contributed by atoms with Crippen LogP contribution in [0.25, 0.3) is 0 Å². The van der Waals surface area contributed by atoms with Gasteiger partial charge in [-0.05, 0) is 37.5 Å². The molecule has 0 aromatic carbocycles. The molecule has 2 rings (SSSR count). The maximum atomic E-state index is 12.0. The predicted molar refractivity (Wildman–Crippen MR) is 73.2 cm³/mol.